The van der Waals surface area contributed by atoms with Crippen LogP contribution >= 0.6 is 35.1 Å². The molecule has 8 heteroatoms. The van der Waals surface area contributed by atoms with Crippen molar-refractivity contribution in [3.05, 3.63) is 136 Å². The highest BCUT2D eigenvalue weighted by Gasteiger charge is 2.60. The third kappa shape index (κ3) is 4.78. The van der Waals surface area contributed by atoms with Crippen LogP contribution in [-0.2, 0) is 4.79 Å². The van der Waals surface area contributed by atoms with E-state index in [1.165, 1.54) is 23.5 Å². The molecule has 6 rings (SSSR count). The van der Waals surface area contributed by atoms with Crippen molar-refractivity contribution < 1.29 is 9.59 Å². The molecule has 192 valence electrons. The Labute approximate surface area is 240 Å². The molecule has 5 nitrogen and oxygen atoms in total. The number of halogens is 1. The van der Waals surface area contributed by atoms with Gasteiger partial charge in [-0.05, 0) is 66.7 Å². The summed E-state index contributed by atoms with van der Waals surface area (Å²) >= 11 is 8.86. The van der Waals surface area contributed by atoms with Crippen LogP contribution < -0.4 is 9.91 Å². The van der Waals surface area contributed by atoms with Crippen LogP contribution in [0.5, 0.6) is 0 Å². The second-order valence-corrected chi connectivity index (χ2v) is 12.1. The third-order valence-electron chi connectivity index (χ3n) is 6.32. The number of anilines is 2. The number of hydrazone groups is 1. The van der Waals surface area contributed by atoms with Gasteiger partial charge in [-0.1, -0.05) is 102 Å². The van der Waals surface area contributed by atoms with Crippen LogP contribution in [0.15, 0.2) is 119 Å². The lowest BCUT2D eigenvalue weighted by Gasteiger charge is -2.38. The molecule has 0 unspecified atom stereocenters. The fraction of sp³-hybridized carbons (Fsp3) is 0.0645. The van der Waals surface area contributed by atoms with Crippen LogP contribution in [-0.4, -0.2) is 21.1 Å². The van der Waals surface area contributed by atoms with Gasteiger partial charge in [0.05, 0.1) is 10.6 Å². The van der Waals surface area contributed by atoms with Crippen molar-refractivity contribution in [2.45, 2.75) is 11.3 Å². The highest BCUT2D eigenvalue weighted by Crippen LogP contribution is 2.59. The highest BCUT2D eigenvalue weighted by atomic mass is 35.5. The van der Waals surface area contributed by atoms with E-state index in [0.717, 1.165) is 11.1 Å². The van der Waals surface area contributed by atoms with Crippen molar-refractivity contribution >= 4 is 69.3 Å². The van der Waals surface area contributed by atoms with Crippen molar-refractivity contribution in [2.75, 3.05) is 9.91 Å². The lowest BCUT2D eigenvalue weighted by molar-refractivity contribution is -0.114. The van der Waals surface area contributed by atoms with Crippen LogP contribution in [0.1, 0.15) is 21.5 Å². The predicted molar refractivity (Wildman–Crippen MR) is 163 cm³/mol. The Morgan fingerprint density at radius 2 is 1.46 bits per heavy atom. The smallest absolute Gasteiger partial charge is 0.268 e. The standard InChI is InChI=1S/C31H22ClN3O2S2/c1-21-12-14-22(15-13-21)20-27-30(37)34(25-10-6-3-7-11-25)31(38-27)35(26-18-16-24(32)17-19-26)33-29(39-31)28(36)23-8-4-2-5-9-23/h2-20H,1H3/b27-20+/t31-/m0/s1. The summed E-state index contributed by atoms with van der Waals surface area (Å²) in [5.74, 6) is -0.365. The van der Waals surface area contributed by atoms with Crippen molar-refractivity contribution in [3.63, 3.8) is 0 Å². The zero-order chi connectivity index (χ0) is 27.0. The fourth-order valence-electron chi connectivity index (χ4n) is 4.39. The Morgan fingerprint density at radius 1 is 0.821 bits per heavy atom. The molecule has 1 amide bonds. The molecule has 2 aliphatic rings. The molecular weight excluding hydrogens is 546 g/mol. The van der Waals surface area contributed by atoms with Gasteiger partial charge >= 0.3 is 0 Å². The largest absolute Gasteiger partial charge is 0.286 e. The second kappa shape index (κ2) is 10.4. The molecule has 4 aromatic rings. The first kappa shape index (κ1) is 25.5. The van der Waals surface area contributed by atoms with Crippen molar-refractivity contribution in [1.29, 1.82) is 0 Å². The number of para-hydroxylation sites is 1. The molecule has 0 aliphatic carbocycles. The normalized spacial score (nSPS) is 19.7. The average molecular weight is 568 g/mol. The minimum Gasteiger partial charge on any atom is -0.286 e. The molecule has 2 heterocycles. The summed E-state index contributed by atoms with van der Waals surface area (Å²) in [5, 5.41) is 7.48. The molecule has 0 N–H and O–H groups in total. The molecule has 0 radical (unpaired) electrons. The SMILES string of the molecule is Cc1ccc(/C=C2/S[C@]3(SC(C(=O)c4ccccc4)=NN3c3ccc(Cl)cc3)N(c3ccccc3)C2=O)cc1. The maximum absolute atomic E-state index is 14.2. The van der Waals surface area contributed by atoms with E-state index in [0.29, 0.717) is 31.9 Å². The number of nitrogens with zero attached hydrogens (tertiary/aromatic N) is 3. The fourth-order valence-corrected chi connectivity index (χ4v) is 7.46. The lowest BCUT2D eigenvalue weighted by atomic mass is 10.1. The summed E-state index contributed by atoms with van der Waals surface area (Å²) in [6, 6.07) is 33.8. The topological polar surface area (TPSA) is 53.0 Å². The summed E-state index contributed by atoms with van der Waals surface area (Å²) in [4.78, 5) is 30.1. The number of thioether (sulfide) groups is 2. The molecule has 39 heavy (non-hydrogen) atoms. The third-order valence-corrected chi connectivity index (χ3v) is 9.29. The Morgan fingerprint density at radius 3 is 2.13 bits per heavy atom. The maximum atomic E-state index is 14.2. The van der Waals surface area contributed by atoms with E-state index < -0.39 is 4.33 Å². The maximum Gasteiger partial charge on any atom is 0.268 e. The van der Waals surface area contributed by atoms with E-state index >= 15 is 0 Å². The van der Waals surface area contributed by atoms with Gasteiger partial charge in [-0.15, -0.1) is 0 Å². The first-order valence-corrected chi connectivity index (χ1v) is 14.3. The minimum atomic E-state index is -1.11. The number of Topliss-reactive ketones (excluding diaryl/α,β-unsaturated/α-hetero) is 1. The Hall–Kier alpha value is -3.78. The first-order valence-electron chi connectivity index (χ1n) is 12.2. The Kier molecular flexibility index (Phi) is 6.81. The Bertz CT molecular complexity index is 1610. The quantitative estimate of drug-likeness (QED) is 0.182. The number of aryl methyl sites for hydroxylation is 1. The molecule has 1 atom stereocenters. The summed E-state index contributed by atoms with van der Waals surface area (Å²) < 4.78 is -1.11. The van der Waals surface area contributed by atoms with E-state index in [2.05, 4.69) is 0 Å². The molecule has 0 saturated carbocycles. The zero-order valence-corrected chi connectivity index (χ0v) is 23.2. The van der Waals surface area contributed by atoms with Crippen molar-refractivity contribution in [3.8, 4) is 0 Å². The Balaban J connectivity index is 1.51. The number of benzene rings is 4. The van der Waals surface area contributed by atoms with E-state index in [1.807, 2.05) is 97.9 Å². The van der Waals surface area contributed by atoms with E-state index in [9.17, 15) is 9.59 Å². The van der Waals surface area contributed by atoms with Gasteiger partial charge in [0.25, 0.3) is 5.91 Å². The summed E-state index contributed by atoms with van der Waals surface area (Å²) in [5.41, 5.74) is 4.01. The molecule has 1 saturated heterocycles. The summed E-state index contributed by atoms with van der Waals surface area (Å²) in [6.45, 7) is 2.03. The van der Waals surface area contributed by atoms with E-state index in [1.54, 1.807) is 34.2 Å². The van der Waals surface area contributed by atoms with Gasteiger partial charge in [0, 0.05) is 16.3 Å². The number of amides is 1. The molecule has 0 bridgehead atoms. The lowest BCUT2D eigenvalue weighted by Crippen LogP contribution is -2.51. The molecule has 1 spiro atoms. The van der Waals surface area contributed by atoms with Gasteiger partial charge in [-0.25, -0.2) is 5.01 Å². The number of carbonyl (C=O) groups is 2. The van der Waals surface area contributed by atoms with Crippen LogP contribution in [0.25, 0.3) is 6.08 Å². The minimum absolute atomic E-state index is 0.165. The monoisotopic (exact) mass is 567 g/mol. The van der Waals surface area contributed by atoms with Crippen LogP contribution in [0, 0.1) is 6.92 Å². The molecule has 4 aromatic carbocycles. The summed E-state index contributed by atoms with van der Waals surface area (Å²) in [7, 11) is 0. The van der Waals surface area contributed by atoms with Crippen molar-refractivity contribution in [2.24, 2.45) is 5.10 Å². The first-order chi connectivity index (χ1) is 18.9. The summed E-state index contributed by atoms with van der Waals surface area (Å²) in [6.07, 6.45) is 1.90. The van der Waals surface area contributed by atoms with Gasteiger partial charge in [0.15, 0.2) is 5.04 Å². The van der Waals surface area contributed by atoms with Gasteiger partial charge in [-0.3, -0.25) is 14.5 Å². The average Bonchev–Trinajstić information content (AvgIpc) is 3.47. The highest BCUT2D eigenvalue weighted by molar-refractivity contribution is 8.29. The molecule has 1 fully saturated rings. The van der Waals surface area contributed by atoms with Gasteiger partial charge < -0.3 is 0 Å². The number of carbonyl (C=O) groups excluding carboxylic acids is 2. The van der Waals surface area contributed by atoms with E-state index in [-0.39, 0.29) is 11.7 Å². The van der Waals surface area contributed by atoms with Gasteiger partial charge in [-0.2, -0.15) is 5.10 Å². The van der Waals surface area contributed by atoms with Gasteiger partial charge in [0.2, 0.25) is 10.1 Å². The van der Waals surface area contributed by atoms with Crippen molar-refractivity contribution in [1.82, 2.24) is 0 Å². The second-order valence-electron chi connectivity index (χ2n) is 9.04. The van der Waals surface area contributed by atoms with E-state index in [4.69, 9.17) is 16.7 Å². The van der Waals surface area contributed by atoms with Crippen LogP contribution in [0.2, 0.25) is 5.02 Å². The zero-order valence-electron chi connectivity index (χ0n) is 20.8. The van der Waals surface area contributed by atoms with Gasteiger partial charge in [0.1, 0.15) is 0 Å². The van der Waals surface area contributed by atoms with Crippen LogP contribution in [0.3, 0.4) is 0 Å². The predicted octanol–water partition coefficient (Wildman–Crippen LogP) is 7.83. The number of ketones is 1. The number of rotatable bonds is 5. The number of hydrogen-bond acceptors (Lipinski definition) is 6. The molecular formula is C31H22ClN3O2S2. The van der Waals surface area contributed by atoms with Crippen LogP contribution in [0.4, 0.5) is 11.4 Å². The molecule has 0 aromatic heterocycles. The molecule has 2 aliphatic heterocycles. The number of hydrogen-bond donors (Lipinski definition) is 0.